The summed E-state index contributed by atoms with van der Waals surface area (Å²) in [6.07, 6.45) is 1.88. The van der Waals surface area contributed by atoms with E-state index < -0.39 is 10.0 Å². The van der Waals surface area contributed by atoms with Crippen LogP contribution >= 0.6 is 12.2 Å². The van der Waals surface area contributed by atoms with Crippen molar-refractivity contribution in [3.63, 3.8) is 0 Å². The van der Waals surface area contributed by atoms with Crippen LogP contribution in [0.3, 0.4) is 0 Å². The maximum Gasteiger partial charge on any atom is 0.220 e. The van der Waals surface area contributed by atoms with Gasteiger partial charge >= 0.3 is 0 Å². The van der Waals surface area contributed by atoms with Gasteiger partial charge in [-0.2, -0.15) is 0 Å². The predicted octanol–water partition coefficient (Wildman–Crippen LogP) is 0.970. The third-order valence-corrected chi connectivity index (χ3v) is 5.31. The molecular formula is C10H20N2O2S2. The molecule has 0 amide bonds. The molecule has 0 saturated carbocycles. The molecule has 0 aromatic heterocycles. The molecule has 0 aromatic carbocycles. The van der Waals surface area contributed by atoms with E-state index in [1.54, 1.807) is 0 Å². The van der Waals surface area contributed by atoms with Crippen LogP contribution in [0, 0.1) is 11.8 Å². The highest BCUT2D eigenvalue weighted by Gasteiger charge is 2.29. The van der Waals surface area contributed by atoms with Gasteiger partial charge in [0.25, 0.3) is 0 Å². The molecule has 1 aliphatic heterocycles. The molecule has 16 heavy (non-hydrogen) atoms. The zero-order valence-electron chi connectivity index (χ0n) is 9.85. The Hall–Kier alpha value is -0.200. The van der Waals surface area contributed by atoms with E-state index >= 15 is 0 Å². The van der Waals surface area contributed by atoms with Crippen LogP contribution in [0.1, 0.15) is 26.7 Å². The number of thiocarbonyl (C=S) groups is 1. The Morgan fingerprint density at radius 1 is 1.44 bits per heavy atom. The number of nitrogens with two attached hydrogens (primary N) is 1. The van der Waals surface area contributed by atoms with Gasteiger partial charge in [0.15, 0.2) is 0 Å². The van der Waals surface area contributed by atoms with Crippen molar-refractivity contribution in [2.75, 3.05) is 18.8 Å². The Balaban J connectivity index is 2.56. The maximum absolute atomic E-state index is 11.8. The van der Waals surface area contributed by atoms with Crippen molar-refractivity contribution < 1.29 is 8.42 Å². The predicted molar refractivity (Wildman–Crippen MR) is 69.7 cm³/mol. The number of hydrogen-bond donors (Lipinski definition) is 1. The Morgan fingerprint density at radius 3 is 2.31 bits per heavy atom. The number of rotatable bonds is 4. The molecule has 1 fully saturated rings. The van der Waals surface area contributed by atoms with Crippen LogP contribution in [0.15, 0.2) is 0 Å². The summed E-state index contributed by atoms with van der Waals surface area (Å²) >= 11 is 4.65. The fraction of sp³-hybridized carbons (Fsp3) is 0.900. The fourth-order valence-electron chi connectivity index (χ4n) is 2.09. The van der Waals surface area contributed by atoms with Gasteiger partial charge in [-0.25, -0.2) is 12.7 Å². The van der Waals surface area contributed by atoms with Crippen molar-refractivity contribution >= 4 is 27.2 Å². The lowest BCUT2D eigenvalue weighted by molar-refractivity contribution is 0.227. The highest BCUT2D eigenvalue weighted by molar-refractivity contribution is 7.92. The molecule has 6 heteroatoms. The van der Waals surface area contributed by atoms with Gasteiger partial charge in [-0.1, -0.05) is 26.1 Å². The summed E-state index contributed by atoms with van der Waals surface area (Å²) in [5, 5.41) is 0. The number of piperidine rings is 1. The van der Waals surface area contributed by atoms with E-state index in [4.69, 9.17) is 5.73 Å². The quantitative estimate of drug-likeness (QED) is 0.769. The van der Waals surface area contributed by atoms with Crippen molar-refractivity contribution in [2.45, 2.75) is 26.7 Å². The van der Waals surface area contributed by atoms with Crippen molar-refractivity contribution in [1.82, 2.24) is 4.31 Å². The highest BCUT2D eigenvalue weighted by atomic mass is 32.2. The lowest BCUT2D eigenvalue weighted by Gasteiger charge is -2.32. The largest absolute Gasteiger partial charge is 0.392 e. The third-order valence-electron chi connectivity index (χ3n) is 3.16. The molecule has 0 aromatic rings. The molecule has 1 heterocycles. The van der Waals surface area contributed by atoms with Crippen LogP contribution in [0.2, 0.25) is 0 Å². The summed E-state index contributed by atoms with van der Waals surface area (Å²) < 4.78 is 25.2. The van der Waals surface area contributed by atoms with E-state index in [2.05, 4.69) is 26.1 Å². The molecule has 1 saturated heterocycles. The Bertz CT molecular complexity index is 344. The van der Waals surface area contributed by atoms with E-state index in [1.165, 1.54) is 4.31 Å². The minimum atomic E-state index is -3.26. The first-order valence-electron chi connectivity index (χ1n) is 5.59. The molecule has 1 aliphatic rings. The van der Waals surface area contributed by atoms with Gasteiger partial charge in [0.1, 0.15) is 5.75 Å². The first-order chi connectivity index (χ1) is 7.33. The molecule has 0 spiro atoms. The van der Waals surface area contributed by atoms with Crippen molar-refractivity contribution in [1.29, 1.82) is 0 Å². The highest BCUT2D eigenvalue weighted by Crippen LogP contribution is 2.25. The van der Waals surface area contributed by atoms with E-state index in [-0.39, 0.29) is 10.7 Å². The molecule has 0 atom stereocenters. The fourth-order valence-corrected chi connectivity index (χ4v) is 3.85. The average Bonchev–Trinajstić information content (AvgIpc) is 2.16. The molecule has 0 bridgehead atoms. The van der Waals surface area contributed by atoms with Gasteiger partial charge in [0.05, 0.1) is 4.99 Å². The standard InChI is InChI=1S/C10H20N2O2S2/c1-8(2)9-3-5-12(6-4-9)16(13,14)7-10(11)15/h8-9H,3-7H2,1-2H3,(H2,11,15). The smallest absolute Gasteiger partial charge is 0.220 e. The van der Waals surface area contributed by atoms with Gasteiger partial charge in [-0.3, -0.25) is 0 Å². The monoisotopic (exact) mass is 264 g/mol. The summed E-state index contributed by atoms with van der Waals surface area (Å²) in [5.41, 5.74) is 5.29. The minimum Gasteiger partial charge on any atom is -0.392 e. The summed E-state index contributed by atoms with van der Waals surface area (Å²) in [6.45, 7) is 5.58. The number of hydrogen-bond acceptors (Lipinski definition) is 3. The second-order valence-electron chi connectivity index (χ2n) is 4.70. The van der Waals surface area contributed by atoms with Crippen LogP contribution < -0.4 is 5.73 Å². The maximum atomic E-state index is 11.8. The number of nitrogens with zero attached hydrogens (tertiary/aromatic N) is 1. The average molecular weight is 264 g/mol. The summed E-state index contributed by atoms with van der Waals surface area (Å²) in [7, 11) is -3.26. The topological polar surface area (TPSA) is 63.4 Å². The Morgan fingerprint density at radius 2 is 1.94 bits per heavy atom. The molecule has 0 unspecified atom stereocenters. The zero-order chi connectivity index (χ0) is 12.3. The van der Waals surface area contributed by atoms with Crippen molar-refractivity contribution in [2.24, 2.45) is 17.6 Å². The van der Waals surface area contributed by atoms with Gasteiger partial charge in [0, 0.05) is 13.1 Å². The Labute approximate surface area is 103 Å². The van der Waals surface area contributed by atoms with Crippen LogP contribution in [0.5, 0.6) is 0 Å². The summed E-state index contributed by atoms with van der Waals surface area (Å²) in [4.78, 5) is 0.0472. The molecule has 1 rings (SSSR count). The molecule has 0 radical (unpaired) electrons. The third kappa shape index (κ3) is 3.68. The second-order valence-corrected chi connectivity index (χ2v) is 7.20. The minimum absolute atomic E-state index is 0.0472. The van der Waals surface area contributed by atoms with Crippen LogP contribution in [-0.2, 0) is 10.0 Å². The first kappa shape index (κ1) is 13.9. The molecule has 4 nitrogen and oxygen atoms in total. The lowest BCUT2D eigenvalue weighted by Crippen LogP contribution is -2.42. The SMILES string of the molecule is CC(C)C1CCN(S(=O)(=O)CC(N)=S)CC1. The van der Waals surface area contributed by atoms with Crippen LogP contribution in [0.4, 0.5) is 0 Å². The van der Waals surface area contributed by atoms with E-state index in [0.29, 0.717) is 24.9 Å². The Kier molecular flexibility index (Phi) is 4.70. The van der Waals surface area contributed by atoms with E-state index in [0.717, 1.165) is 12.8 Å². The van der Waals surface area contributed by atoms with Crippen LogP contribution in [-0.4, -0.2) is 36.6 Å². The summed E-state index contributed by atoms with van der Waals surface area (Å²) in [5.74, 6) is 1.06. The molecule has 94 valence electrons. The summed E-state index contributed by atoms with van der Waals surface area (Å²) in [6, 6.07) is 0. The van der Waals surface area contributed by atoms with Crippen molar-refractivity contribution in [3.8, 4) is 0 Å². The van der Waals surface area contributed by atoms with Gasteiger partial charge in [-0.05, 0) is 24.7 Å². The van der Waals surface area contributed by atoms with Gasteiger partial charge in [-0.15, -0.1) is 0 Å². The molecule has 0 aliphatic carbocycles. The zero-order valence-corrected chi connectivity index (χ0v) is 11.5. The molecular weight excluding hydrogens is 244 g/mol. The number of sulfonamides is 1. The van der Waals surface area contributed by atoms with Crippen LogP contribution in [0.25, 0.3) is 0 Å². The second kappa shape index (κ2) is 5.42. The van der Waals surface area contributed by atoms with E-state index in [9.17, 15) is 8.42 Å². The van der Waals surface area contributed by atoms with Gasteiger partial charge < -0.3 is 5.73 Å². The lowest BCUT2D eigenvalue weighted by atomic mass is 9.87. The van der Waals surface area contributed by atoms with Gasteiger partial charge in [0.2, 0.25) is 10.0 Å². The normalized spacial score (nSPS) is 20.2. The molecule has 2 N–H and O–H groups in total. The van der Waals surface area contributed by atoms with Crippen molar-refractivity contribution in [3.05, 3.63) is 0 Å². The van der Waals surface area contributed by atoms with E-state index in [1.807, 2.05) is 0 Å². The first-order valence-corrected chi connectivity index (χ1v) is 7.61.